The molecule has 0 aliphatic rings. The van der Waals surface area contributed by atoms with Gasteiger partial charge in [0.05, 0.1) is 10.6 Å². The molecule has 1 aromatic carbocycles. The smallest absolute Gasteiger partial charge is 0.264 e. The average Bonchev–Trinajstić information content (AvgIpc) is 2.82. The summed E-state index contributed by atoms with van der Waals surface area (Å²) in [5.41, 5.74) is 1.50. The lowest BCUT2D eigenvalue weighted by molar-refractivity contribution is 0.430. The highest BCUT2D eigenvalue weighted by Gasteiger charge is 2.17. The summed E-state index contributed by atoms with van der Waals surface area (Å²) in [5, 5.41) is 6.71. The van der Waals surface area contributed by atoms with Gasteiger partial charge in [0.2, 0.25) is 5.88 Å². The monoisotopic (exact) mass is 295 g/mol. The average molecular weight is 295 g/mol. The second kappa shape index (κ2) is 5.64. The van der Waals surface area contributed by atoms with Gasteiger partial charge in [-0.05, 0) is 38.6 Å². The Morgan fingerprint density at radius 3 is 2.65 bits per heavy atom. The Balaban J connectivity index is 2.29. The molecule has 2 rings (SSSR count). The minimum Gasteiger partial charge on any atom is -0.338 e. The number of benzene rings is 1. The molecule has 0 saturated carbocycles. The number of aromatic nitrogens is 1. The van der Waals surface area contributed by atoms with Crippen LogP contribution >= 0.6 is 0 Å². The van der Waals surface area contributed by atoms with Crippen LogP contribution in [-0.2, 0) is 10.0 Å². The molecule has 20 heavy (non-hydrogen) atoms. The molecule has 2 aromatic rings. The van der Waals surface area contributed by atoms with Crippen LogP contribution in [0.4, 0.5) is 5.88 Å². The first-order valence-corrected chi connectivity index (χ1v) is 7.64. The molecule has 0 aliphatic carbocycles. The molecule has 0 spiro atoms. The third kappa shape index (κ3) is 3.17. The summed E-state index contributed by atoms with van der Waals surface area (Å²) in [4.78, 5) is 0.186. The Kier molecular flexibility index (Phi) is 4.10. The first kappa shape index (κ1) is 14.5. The first-order chi connectivity index (χ1) is 9.42. The largest absolute Gasteiger partial charge is 0.338 e. The van der Waals surface area contributed by atoms with Crippen molar-refractivity contribution >= 4 is 15.9 Å². The first-order valence-electron chi connectivity index (χ1n) is 6.16. The predicted molar refractivity (Wildman–Crippen MR) is 76.0 cm³/mol. The third-order valence-electron chi connectivity index (χ3n) is 2.96. The highest BCUT2D eigenvalue weighted by Crippen LogP contribution is 2.20. The Morgan fingerprint density at radius 2 is 2.05 bits per heavy atom. The van der Waals surface area contributed by atoms with E-state index in [1.807, 2.05) is 20.0 Å². The second-order valence-corrected chi connectivity index (χ2v) is 6.20. The van der Waals surface area contributed by atoms with Crippen molar-refractivity contribution < 1.29 is 12.9 Å². The van der Waals surface area contributed by atoms with Crippen molar-refractivity contribution in [3.63, 3.8) is 0 Å². The van der Waals surface area contributed by atoms with Crippen LogP contribution in [0.15, 0.2) is 39.8 Å². The van der Waals surface area contributed by atoms with Gasteiger partial charge in [0.15, 0.2) is 0 Å². The van der Waals surface area contributed by atoms with Gasteiger partial charge in [0, 0.05) is 12.1 Å². The van der Waals surface area contributed by atoms with E-state index in [1.54, 1.807) is 19.1 Å². The van der Waals surface area contributed by atoms with Crippen molar-refractivity contribution in [3.05, 3.63) is 41.6 Å². The van der Waals surface area contributed by atoms with E-state index in [4.69, 9.17) is 4.52 Å². The number of nitrogens with zero attached hydrogens (tertiary/aromatic N) is 1. The van der Waals surface area contributed by atoms with Crippen molar-refractivity contribution in [3.8, 4) is 0 Å². The molecule has 0 radical (unpaired) electrons. The number of sulfonamides is 1. The molecular formula is C13H17N3O3S. The second-order valence-electron chi connectivity index (χ2n) is 4.52. The van der Waals surface area contributed by atoms with Crippen molar-refractivity contribution in [2.75, 3.05) is 11.8 Å². The molecule has 6 nitrogen and oxygen atoms in total. The van der Waals surface area contributed by atoms with Crippen LogP contribution < -0.4 is 10.0 Å². The van der Waals surface area contributed by atoms with Crippen molar-refractivity contribution in [2.24, 2.45) is 0 Å². The van der Waals surface area contributed by atoms with Gasteiger partial charge in [-0.15, -0.1) is 0 Å². The zero-order valence-corrected chi connectivity index (χ0v) is 12.4. The Morgan fingerprint density at radius 1 is 1.30 bits per heavy atom. The van der Waals surface area contributed by atoms with E-state index in [2.05, 4.69) is 15.2 Å². The van der Waals surface area contributed by atoms with Crippen LogP contribution in [-0.4, -0.2) is 20.6 Å². The SMILES string of the molecule is CNC(C)c1cccc(S(=O)(=O)Nc2cc(C)no2)c1. The highest BCUT2D eigenvalue weighted by atomic mass is 32.2. The summed E-state index contributed by atoms with van der Waals surface area (Å²) in [6.07, 6.45) is 0. The van der Waals surface area contributed by atoms with Crippen LogP contribution in [0.5, 0.6) is 0 Å². The van der Waals surface area contributed by atoms with Gasteiger partial charge in [-0.1, -0.05) is 17.3 Å². The minimum atomic E-state index is -3.68. The summed E-state index contributed by atoms with van der Waals surface area (Å²) >= 11 is 0. The van der Waals surface area contributed by atoms with Gasteiger partial charge < -0.3 is 9.84 Å². The van der Waals surface area contributed by atoms with Crippen molar-refractivity contribution in [1.29, 1.82) is 0 Å². The van der Waals surface area contributed by atoms with E-state index < -0.39 is 10.0 Å². The Labute approximate surface area is 118 Å². The summed E-state index contributed by atoms with van der Waals surface area (Å²) in [6.45, 7) is 3.68. The molecule has 1 atom stereocenters. The molecule has 1 unspecified atom stereocenters. The lowest BCUT2D eigenvalue weighted by Gasteiger charge is -2.12. The number of nitrogens with one attached hydrogen (secondary N) is 2. The summed E-state index contributed by atoms with van der Waals surface area (Å²) in [7, 11) is -1.85. The van der Waals surface area contributed by atoms with Crippen LogP contribution in [0.1, 0.15) is 24.2 Å². The summed E-state index contributed by atoms with van der Waals surface area (Å²) in [6, 6.07) is 8.35. The van der Waals surface area contributed by atoms with E-state index >= 15 is 0 Å². The maximum absolute atomic E-state index is 12.3. The van der Waals surface area contributed by atoms with E-state index in [0.717, 1.165) is 5.56 Å². The van der Waals surface area contributed by atoms with Gasteiger partial charge in [0.1, 0.15) is 0 Å². The standard InChI is InChI=1S/C13H17N3O3S/c1-9-7-13(19-15-9)16-20(17,18)12-6-4-5-11(8-12)10(2)14-3/h4-8,10,14,16H,1-3H3. The van der Waals surface area contributed by atoms with Crippen LogP contribution in [0.2, 0.25) is 0 Å². The molecule has 0 fully saturated rings. The third-order valence-corrected chi connectivity index (χ3v) is 4.31. The fraction of sp³-hybridized carbons (Fsp3) is 0.308. The quantitative estimate of drug-likeness (QED) is 0.882. The number of aryl methyl sites for hydroxylation is 1. The van der Waals surface area contributed by atoms with Gasteiger partial charge in [-0.2, -0.15) is 0 Å². The molecule has 1 aromatic heterocycles. The molecule has 7 heteroatoms. The fourth-order valence-corrected chi connectivity index (χ4v) is 2.75. The van der Waals surface area contributed by atoms with Crippen LogP contribution in [0, 0.1) is 6.92 Å². The van der Waals surface area contributed by atoms with E-state index in [1.165, 1.54) is 12.1 Å². The van der Waals surface area contributed by atoms with E-state index in [9.17, 15) is 8.42 Å². The van der Waals surface area contributed by atoms with Crippen LogP contribution in [0.3, 0.4) is 0 Å². The molecule has 2 N–H and O–H groups in total. The molecule has 1 heterocycles. The fourth-order valence-electron chi connectivity index (χ4n) is 1.72. The Bertz CT molecular complexity index is 694. The minimum absolute atomic E-state index is 0.0673. The molecule has 0 saturated heterocycles. The topological polar surface area (TPSA) is 84.2 Å². The molecular weight excluding hydrogens is 278 g/mol. The Hall–Kier alpha value is -1.86. The number of rotatable bonds is 5. The maximum Gasteiger partial charge on any atom is 0.264 e. The summed E-state index contributed by atoms with van der Waals surface area (Å²) < 4.78 is 31.7. The highest BCUT2D eigenvalue weighted by molar-refractivity contribution is 7.92. The number of hydrogen-bond acceptors (Lipinski definition) is 5. The normalized spacial score (nSPS) is 13.2. The number of anilines is 1. The van der Waals surface area contributed by atoms with Crippen LogP contribution in [0.25, 0.3) is 0 Å². The van der Waals surface area contributed by atoms with Crippen molar-refractivity contribution in [1.82, 2.24) is 10.5 Å². The number of hydrogen-bond donors (Lipinski definition) is 2. The van der Waals surface area contributed by atoms with Gasteiger partial charge in [-0.3, -0.25) is 0 Å². The lowest BCUT2D eigenvalue weighted by Crippen LogP contribution is -2.15. The van der Waals surface area contributed by atoms with Gasteiger partial charge in [-0.25, -0.2) is 13.1 Å². The van der Waals surface area contributed by atoms with Crippen molar-refractivity contribution in [2.45, 2.75) is 24.8 Å². The zero-order chi connectivity index (χ0) is 14.8. The molecule has 0 bridgehead atoms. The van der Waals surface area contributed by atoms with Gasteiger partial charge in [0.25, 0.3) is 10.0 Å². The summed E-state index contributed by atoms with van der Waals surface area (Å²) in [5.74, 6) is 0.106. The molecule has 0 aliphatic heterocycles. The zero-order valence-electron chi connectivity index (χ0n) is 11.5. The van der Waals surface area contributed by atoms with Gasteiger partial charge >= 0.3 is 0 Å². The molecule has 0 amide bonds. The van der Waals surface area contributed by atoms with E-state index in [-0.39, 0.29) is 16.8 Å². The predicted octanol–water partition coefficient (Wildman–Crippen LogP) is 2.06. The van der Waals surface area contributed by atoms with E-state index in [0.29, 0.717) is 5.69 Å². The molecule has 108 valence electrons. The maximum atomic E-state index is 12.3. The lowest BCUT2D eigenvalue weighted by atomic mass is 10.1.